The Kier molecular flexibility index (Phi) is 7.72. The van der Waals surface area contributed by atoms with Gasteiger partial charge in [-0.2, -0.15) is 26.7 Å². The molecule has 1 N–H and O–H groups in total. The Morgan fingerprint density at radius 3 is 2.30 bits per heavy atom. The first-order valence-corrected chi connectivity index (χ1v) is 11.9. The van der Waals surface area contributed by atoms with Crippen molar-refractivity contribution < 1.29 is 44.1 Å². The van der Waals surface area contributed by atoms with Crippen molar-refractivity contribution in [3.05, 3.63) is 71.4 Å². The van der Waals surface area contributed by atoms with Crippen molar-refractivity contribution in [1.29, 1.82) is 0 Å². The van der Waals surface area contributed by atoms with Crippen LogP contribution < -0.4 is 9.50 Å². The lowest BCUT2D eigenvalue weighted by Gasteiger charge is -2.21. The molecule has 0 aliphatic carbocycles. The van der Waals surface area contributed by atoms with Gasteiger partial charge in [-0.3, -0.25) is 5.32 Å². The molecule has 0 bridgehead atoms. The fourth-order valence-electron chi connectivity index (χ4n) is 3.13. The summed E-state index contributed by atoms with van der Waals surface area (Å²) in [6.45, 7) is 4.76. The monoisotopic (exact) mass is 545 g/mol. The number of anilines is 1. The van der Waals surface area contributed by atoms with Crippen LogP contribution in [0.2, 0.25) is 0 Å². The number of nitrogens with zero attached hydrogens (tertiary/aromatic N) is 2. The molecule has 0 saturated carbocycles. The third kappa shape index (κ3) is 6.70. The number of benzene rings is 2. The van der Waals surface area contributed by atoms with Gasteiger partial charge in [-0.1, -0.05) is 24.3 Å². The third-order valence-electron chi connectivity index (χ3n) is 4.65. The minimum absolute atomic E-state index is 0.00413. The predicted octanol–water partition coefficient (Wildman–Crippen LogP) is 5.59. The Morgan fingerprint density at radius 1 is 1.00 bits per heavy atom. The molecule has 198 valence electrons. The van der Waals surface area contributed by atoms with Crippen molar-refractivity contribution in [3.8, 4) is 17.0 Å². The number of carbonyl (C=O) groups is 1. The first-order chi connectivity index (χ1) is 17.1. The topological polar surface area (TPSA) is 107 Å². The first-order valence-electron chi connectivity index (χ1n) is 10.5. The Balaban J connectivity index is 2.16. The summed E-state index contributed by atoms with van der Waals surface area (Å²) in [6.07, 6.45) is -0.423. The number of amides is 1. The maximum atomic E-state index is 15.7. The highest BCUT2D eigenvalue weighted by molar-refractivity contribution is 7.88. The van der Waals surface area contributed by atoms with Gasteiger partial charge in [0.15, 0.2) is 5.82 Å². The van der Waals surface area contributed by atoms with Gasteiger partial charge in [0, 0.05) is 17.5 Å². The van der Waals surface area contributed by atoms with Crippen LogP contribution in [0.5, 0.6) is 5.88 Å². The lowest BCUT2D eigenvalue weighted by molar-refractivity contribution is -0.0501. The summed E-state index contributed by atoms with van der Waals surface area (Å²) >= 11 is 0. The van der Waals surface area contributed by atoms with E-state index >= 15 is 4.39 Å². The van der Waals surface area contributed by atoms with E-state index in [0.717, 1.165) is 24.4 Å². The van der Waals surface area contributed by atoms with Crippen LogP contribution in [0.4, 0.5) is 32.4 Å². The summed E-state index contributed by atoms with van der Waals surface area (Å²) in [4.78, 5) is 12.2. The fraction of sp³-hybridized carbons (Fsp3) is 0.261. The van der Waals surface area contributed by atoms with Gasteiger partial charge < -0.3 is 8.92 Å². The number of nitrogens with one attached hydrogen (secondary N) is 1. The molecule has 0 saturated heterocycles. The molecule has 0 aliphatic heterocycles. The van der Waals surface area contributed by atoms with Crippen LogP contribution in [-0.2, 0) is 21.3 Å². The zero-order valence-electron chi connectivity index (χ0n) is 19.6. The highest BCUT2D eigenvalue weighted by Crippen LogP contribution is 2.37. The molecule has 0 spiro atoms. The average molecular weight is 545 g/mol. The quantitative estimate of drug-likeness (QED) is 0.245. The molecule has 3 aromatic rings. The Labute approximate surface area is 208 Å². The summed E-state index contributed by atoms with van der Waals surface area (Å²) in [5.74, 6) is -2.86. The van der Waals surface area contributed by atoms with Gasteiger partial charge in [0.05, 0.1) is 11.9 Å². The van der Waals surface area contributed by atoms with Gasteiger partial charge >= 0.3 is 21.7 Å². The van der Waals surface area contributed by atoms with Crippen molar-refractivity contribution in [1.82, 2.24) is 10.2 Å². The Morgan fingerprint density at radius 2 is 1.68 bits per heavy atom. The molecule has 0 aliphatic rings. The van der Waals surface area contributed by atoms with Crippen LogP contribution in [0.15, 0.2) is 48.7 Å². The zero-order valence-corrected chi connectivity index (χ0v) is 20.4. The molecular formula is C23H20F5N3O5S. The normalized spacial score (nSPS) is 12.2. The van der Waals surface area contributed by atoms with Crippen LogP contribution >= 0.6 is 0 Å². The van der Waals surface area contributed by atoms with Gasteiger partial charge in [0.2, 0.25) is 0 Å². The van der Waals surface area contributed by atoms with Gasteiger partial charge in [0.25, 0.3) is 5.88 Å². The minimum atomic E-state index is -6.14. The van der Waals surface area contributed by atoms with Gasteiger partial charge in [-0.25, -0.2) is 13.6 Å². The van der Waals surface area contributed by atoms with Gasteiger partial charge in [-0.05, 0) is 50.1 Å². The van der Waals surface area contributed by atoms with Crippen molar-refractivity contribution in [2.24, 2.45) is 0 Å². The van der Waals surface area contributed by atoms with E-state index in [9.17, 15) is 30.8 Å². The molecule has 2 aromatic carbocycles. The smallest absolute Gasteiger partial charge is 0.444 e. The fourth-order valence-corrected chi connectivity index (χ4v) is 3.55. The lowest BCUT2D eigenvalue weighted by Crippen LogP contribution is -2.28. The van der Waals surface area contributed by atoms with Crippen molar-refractivity contribution in [2.75, 3.05) is 5.32 Å². The molecule has 3 rings (SSSR count). The van der Waals surface area contributed by atoms with Gasteiger partial charge in [0.1, 0.15) is 11.4 Å². The average Bonchev–Trinajstić information content (AvgIpc) is 2.76. The van der Waals surface area contributed by atoms with E-state index in [1.807, 2.05) is 0 Å². The van der Waals surface area contributed by atoms with Crippen LogP contribution in [0.1, 0.15) is 31.9 Å². The minimum Gasteiger partial charge on any atom is -0.444 e. The van der Waals surface area contributed by atoms with Crippen LogP contribution in [0, 0.1) is 11.6 Å². The maximum absolute atomic E-state index is 15.7. The molecule has 0 fully saturated rings. The highest BCUT2D eigenvalue weighted by atomic mass is 32.2. The second-order valence-corrected chi connectivity index (χ2v) is 10.1. The molecular weight excluding hydrogens is 525 g/mol. The third-order valence-corrected chi connectivity index (χ3v) is 5.60. The number of ether oxygens (including phenoxy) is 1. The number of halogens is 5. The Hall–Kier alpha value is -3.81. The molecule has 0 unspecified atom stereocenters. The second-order valence-electron chi connectivity index (χ2n) is 8.58. The number of hydrogen-bond acceptors (Lipinski definition) is 7. The predicted molar refractivity (Wildman–Crippen MR) is 122 cm³/mol. The lowest BCUT2D eigenvalue weighted by atomic mass is 9.94. The van der Waals surface area contributed by atoms with Gasteiger partial charge in [-0.15, -0.1) is 5.10 Å². The first kappa shape index (κ1) is 27.8. The number of carbonyl (C=O) groups excluding carboxylic acids is 1. The number of hydrogen-bond donors (Lipinski definition) is 1. The van der Waals surface area contributed by atoms with Crippen molar-refractivity contribution in [3.63, 3.8) is 0 Å². The summed E-state index contributed by atoms with van der Waals surface area (Å²) < 4.78 is 101. The SMILES string of the molecule is CC(C)(C)OC(=O)Nc1ccc(-c2ccnnc2OS(=O)(=O)C(F)(F)F)c(Cc2ccccc2F)c1F. The number of aromatic nitrogens is 2. The largest absolute Gasteiger partial charge is 0.534 e. The summed E-state index contributed by atoms with van der Waals surface area (Å²) in [5.41, 5.74) is -7.92. The molecule has 0 radical (unpaired) electrons. The Bertz CT molecular complexity index is 1420. The zero-order chi connectivity index (χ0) is 27.6. The molecule has 37 heavy (non-hydrogen) atoms. The molecule has 1 amide bonds. The van der Waals surface area contributed by atoms with E-state index < -0.39 is 51.3 Å². The van der Waals surface area contributed by atoms with Crippen molar-refractivity contribution >= 4 is 21.9 Å². The highest BCUT2D eigenvalue weighted by Gasteiger charge is 2.49. The van der Waals surface area contributed by atoms with Crippen LogP contribution in [-0.4, -0.2) is 35.8 Å². The molecule has 0 atom stereocenters. The van der Waals surface area contributed by atoms with E-state index in [1.165, 1.54) is 24.3 Å². The molecule has 14 heteroatoms. The van der Waals surface area contributed by atoms with Crippen LogP contribution in [0.3, 0.4) is 0 Å². The van der Waals surface area contributed by atoms with E-state index in [0.29, 0.717) is 0 Å². The van der Waals surface area contributed by atoms with Crippen molar-refractivity contribution in [2.45, 2.75) is 38.3 Å². The molecule has 1 aromatic heterocycles. The number of rotatable bonds is 6. The summed E-state index contributed by atoms with van der Waals surface area (Å²) in [7, 11) is -6.14. The maximum Gasteiger partial charge on any atom is 0.534 e. The van der Waals surface area contributed by atoms with E-state index in [2.05, 4.69) is 19.7 Å². The summed E-state index contributed by atoms with van der Waals surface area (Å²) in [6, 6.07) is 8.65. The van der Waals surface area contributed by atoms with E-state index in [1.54, 1.807) is 20.8 Å². The summed E-state index contributed by atoms with van der Waals surface area (Å²) in [5, 5.41) is 8.89. The molecule has 1 heterocycles. The van der Waals surface area contributed by atoms with Crippen LogP contribution in [0.25, 0.3) is 11.1 Å². The standard InChI is InChI=1S/C23H20F5N3O5S/c1-22(2,3)35-21(32)30-18-9-8-14(16(19(18)25)12-13-6-4-5-7-17(13)24)15-10-11-29-31-20(15)36-37(33,34)23(26,27)28/h4-11H,12H2,1-3H3,(H,30,32). The van der Waals surface area contributed by atoms with E-state index in [-0.39, 0.29) is 27.9 Å². The number of alkyl halides is 3. The second kappa shape index (κ2) is 10.3. The molecule has 8 nitrogen and oxygen atoms in total. The van der Waals surface area contributed by atoms with E-state index in [4.69, 9.17) is 4.74 Å².